The van der Waals surface area contributed by atoms with Crippen LogP contribution >= 0.6 is 11.3 Å². The molecule has 1 unspecified atom stereocenters. The second kappa shape index (κ2) is 7.17. The van der Waals surface area contributed by atoms with E-state index in [-0.39, 0.29) is 5.91 Å². The Morgan fingerprint density at radius 2 is 2.08 bits per heavy atom. The number of hydrogen-bond donors (Lipinski definition) is 2. The number of hydrogen-bond acceptors (Lipinski definition) is 5. The summed E-state index contributed by atoms with van der Waals surface area (Å²) in [4.78, 5) is 21.5. The highest BCUT2D eigenvalue weighted by Crippen LogP contribution is 2.29. The molecule has 6 nitrogen and oxygen atoms in total. The van der Waals surface area contributed by atoms with Gasteiger partial charge in [-0.2, -0.15) is 4.99 Å². The molecule has 3 aromatic rings. The van der Waals surface area contributed by atoms with Crippen molar-refractivity contribution in [3.63, 3.8) is 0 Å². The zero-order valence-corrected chi connectivity index (χ0v) is 14.9. The van der Waals surface area contributed by atoms with Gasteiger partial charge in [-0.25, -0.2) is 4.98 Å². The van der Waals surface area contributed by atoms with Crippen molar-refractivity contribution in [1.29, 1.82) is 0 Å². The summed E-state index contributed by atoms with van der Waals surface area (Å²) in [5.41, 5.74) is 6.00. The molecule has 1 aliphatic heterocycles. The standard InChI is InChI=1S/C19H16N4O2S/c1-25-17(12-5-3-2-4-6-12)19(24)21-13-7-8-14-15(9-13)23-18(22-14)16-10-26-11-20-16/h2-11,17H,1H3,(H,21,24)(H,22,23)/p+1. The van der Waals surface area contributed by atoms with Crippen molar-refractivity contribution in [3.8, 4) is 0 Å². The van der Waals surface area contributed by atoms with E-state index in [0.717, 1.165) is 28.5 Å². The Hall–Kier alpha value is -2.87. The van der Waals surface area contributed by atoms with Crippen molar-refractivity contribution < 1.29 is 14.8 Å². The lowest BCUT2D eigenvalue weighted by Gasteiger charge is -2.15. The molecule has 1 aliphatic rings. The summed E-state index contributed by atoms with van der Waals surface area (Å²) < 4.78 is 5.38. The number of carbonyl (C=O) groups excluding carboxylic acids is 1. The second-order valence-electron chi connectivity index (χ2n) is 5.80. The zero-order valence-electron chi connectivity index (χ0n) is 14.0. The first-order valence-corrected chi connectivity index (χ1v) is 9.03. The van der Waals surface area contributed by atoms with E-state index >= 15 is 0 Å². The molecule has 0 saturated heterocycles. The lowest BCUT2D eigenvalue weighted by atomic mass is 10.1. The number of nitrogens with one attached hydrogen (secondary N) is 1. The molecule has 2 heterocycles. The fourth-order valence-corrected chi connectivity index (χ4v) is 3.41. The van der Waals surface area contributed by atoms with E-state index < -0.39 is 6.10 Å². The molecule has 130 valence electrons. The number of methoxy groups -OCH3 is 1. The quantitative estimate of drug-likeness (QED) is 0.682. The second-order valence-corrected chi connectivity index (χ2v) is 6.52. The fraction of sp³-hybridized carbons (Fsp3) is 0.105. The Labute approximate surface area is 154 Å². The monoisotopic (exact) mass is 365 g/mol. The first-order chi connectivity index (χ1) is 12.7. The topological polar surface area (TPSA) is 80.2 Å². The van der Waals surface area contributed by atoms with Gasteiger partial charge in [0.25, 0.3) is 11.7 Å². The lowest BCUT2D eigenvalue weighted by Crippen LogP contribution is -2.80. The number of aliphatic imine (C=N–C) groups is 1. The maximum Gasteiger partial charge on any atom is 0.258 e. The van der Waals surface area contributed by atoms with Crippen LogP contribution in [0.1, 0.15) is 17.4 Å². The van der Waals surface area contributed by atoms with Crippen molar-refractivity contribution in [2.24, 2.45) is 4.99 Å². The van der Waals surface area contributed by atoms with Gasteiger partial charge >= 0.3 is 0 Å². The van der Waals surface area contributed by atoms with Crippen LogP contribution in [0.25, 0.3) is 0 Å². The van der Waals surface area contributed by atoms with Gasteiger partial charge in [-0.1, -0.05) is 30.3 Å². The molecular formula is C19H17N4O2S+. The molecule has 0 saturated carbocycles. The average molecular weight is 365 g/mol. The lowest BCUT2D eigenvalue weighted by molar-refractivity contribution is -0.437. The summed E-state index contributed by atoms with van der Waals surface area (Å²) in [7, 11) is 1.53. The Kier molecular flexibility index (Phi) is 4.57. The summed E-state index contributed by atoms with van der Waals surface area (Å²) >= 11 is 1.54. The van der Waals surface area contributed by atoms with Crippen molar-refractivity contribution in [3.05, 3.63) is 70.7 Å². The van der Waals surface area contributed by atoms with Crippen molar-refractivity contribution >= 4 is 40.1 Å². The molecule has 0 fully saturated rings. The van der Waals surface area contributed by atoms with Gasteiger partial charge in [0.1, 0.15) is 5.69 Å². The third kappa shape index (κ3) is 3.28. The van der Waals surface area contributed by atoms with Crippen LogP contribution in [-0.4, -0.2) is 23.8 Å². The largest absolute Gasteiger partial charge is 0.367 e. The first kappa shape index (κ1) is 16.6. The Bertz CT molecular complexity index is 955. The number of rotatable bonds is 5. The number of ether oxygens (including phenoxy) is 1. The minimum absolute atomic E-state index is 0.211. The number of fused-ring (bicyclic) bond motifs is 1. The van der Waals surface area contributed by atoms with Gasteiger partial charge in [0.15, 0.2) is 17.5 Å². The fourth-order valence-electron chi connectivity index (χ4n) is 2.86. The summed E-state index contributed by atoms with van der Waals surface area (Å²) in [6.07, 6.45) is -0.657. The number of benzene rings is 2. The molecule has 2 aromatic carbocycles. The molecule has 7 heteroatoms. The molecule has 1 amide bonds. The van der Waals surface area contributed by atoms with Gasteiger partial charge in [0.05, 0.1) is 5.51 Å². The number of amides is 1. The van der Waals surface area contributed by atoms with Gasteiger partial charge < -0.3 is 10.1 Å². The van der Waals surface area contributed by atoms with Crippen LogP contribution in [0.4, 0.5) is 17.1 Å². The number of thiazole rings is 1. The summed E-state index contributed by atoms with van der Waals surface area (Å²) in [5, 5.41) is 6.86. The number of amidine groups is 1. The number of quaternary nitrogens is 1. The van der Waals surface area contributed by atoms with Crippen molar-refractivity contribution in [2.45, 2.75) is 6.10 Å². The van der Waals surface area contributed by atoms with Crippen LogP contribution in [0.3, 0.4) is 0 Å². The van der Waals surface area contributed by atoms with E-state index in [0.29, 0.717) is 5.69 Å². The highest BCUT2D eigenvalue weighted by Gasteiger charge is 2.24. The normalized spacial score (nSPS) is 13.8. The molecule has 0 spiro atoms. The van der Waals surface area contributed by atoms with E-state index in [1.54, 1.807) is 5.51 Å². The van der Waals surface area contributed by atoms with Crippen molar-refractivity contribution in [2.75, 3.05) is 12.4 Å². The van der Waals surface area contributed by atoms with Gasteiger partial charge in [-0.15, -0.1) is 11.3 Å². The average Bonchev–Trinajstić information content (AvgIpc) is 3.32. The third-order valence-electron chi connectivity index (χ3n) is 4.10. The van der Waals surface area contributed by atoms with E-state index in [9.17, 15) is 4.79 Å². The van der Waals surface area contributed by atoms with Crippen LogP contribution in [0, 0.1) is 0 Å². The Balaban J connectivity index is 1.50. The van der Waals surface area contributed by atoms with Crippen molar-refractivity contribution in [1.82, 2.24) is 4.98 Å². The maximum atomic E-state index is 12.6. The molecule has 1 atom stereocenters. The maximum absolute atomic E-state index is 12.6. The van der Waals surface area contributed by atoms with Gasteiger partial charge in [-0.05, 0) is 17.7 Å². The minimum atomic E-state index is -0.657. The van der Waals surface area contributed by atoms with Crippen LogP contribution in [0.2, 0.25) is 0 Å². The number of nitrogens with two attached hydrogens (primary N) is 1. The molecule has 4 rings (SSSR count). The Morgan fingerprint density at radius 3 is 2.81 bits per heavy atom. The minimum Gasteiger partial charge on any atom is -0.367 e. The number of nitrogens with zero attached hydrogens (tertiary/aromatic N) is 2. The van der Waals surface area contributed by atoms with Gasteiger partial charge in [0, 0.05) is 24.2 Å². The molecule has 0 bridgehead atoms. The predicted octanol–water partition coefficient (Wildman–Crippen LogP) is 2.76. The van der Waals surface area contributed by atoms with Crippen LogP contribution in [-0.2, 0) is 9.53 Å². The molecule has 3 N–H and O–H groups in total. The summed E-state index contributed by atoms with van der Waals surface area (Å²) in [6.45, 7) is 0. The number of anilines is 1. The van der Waals surface area contributed by atoms with E-state index in [2.05, 4.69) is 15.3 Å². The van der Waals surface area contributed by atoms with Gasteiger partial charge in [0.2, 0.25) is 0 Å². The van der Waals surface area contributed by atoms with E-state index in [1.807, 2.05) is 59.2 Å². The van der Waals surface area contributed by atoms with Crippen LogP contribution in [0.5, 0.6) is 0 Å². The van der Waals surface area contributed by atoms with Crippen LogP contribution < -0.4 is 10.6 Å². The highest BCUT2D eigenvalue weighted by molar-refractivity contribution is 7.07. The summed E-state index contributed by atoms with van der Waals surface area (Å²) in [6, 6.07) is 15.1. The smallest absolute Gasteiger partial charge is 0.258 e. The SMILES string of the molecule is COC(C(=O)Nc1ccc2c(c1)[NH2+]C(c1cscn1)=N2)c1ccccc1. The molecule has 26 heavy (non-hydrogen) atoms. The van der Waals surface area contributed by atoms with Gasteiger partial charge in [-0.3, -0.25) is 10.1 Å². The van der Waals surface area contributed by atoms with Crippen LogP contribution in [0.15, 0.2) is 64.4 Å². The predicted molar refractivity (Wildman–Crippen MR) is 101 cm³/mol. The van der Waals surface area contributed by atoms with E-state index in [4.69, 9.17) is 4.74 Å². The molecule has 1 aromatic heterocycles. The molecule has 0 aliphatic carbocycles. The Morgan fingerprint density at radius 1 is 1.23 bits per heavy atom. The number of carbonyl (C=O) groups is 1. The van der Waals surface area contributed by atoms with E-state index in [1.165, 1.54) is 18.4 Å². The third-order valence-corrected chi connectivity index (χ3v) is 4.69. The molecular weight excluding hydrogens is 348 g/mol. The zero-order chi connectivity index (χ0) is 17.9. The highest BCUT2D eigenvalue weighted by atomic mass is 32.1. The number of aromatic nitrogens is 1. The summed E-state index contributed by atoms with van der Waals surface area (Å²) in [5.74, 6) is 0.626. The molecule has 0 radical (unpaired) electrons. The first-order valence-electron chi connectivity index (χ1n) is 8.09.